The van der Waals surface area contributed by atoms with E-state index >= 15 is 0 Å². The maximum absolute atomic E-state index is 11.5. The summed E-state index contributed by atoms with van der Waals surface area (Å²) in [5.74, 6) is 6.51. The second kappa shape index (κ2) is 4.80. The number of nitrogens with one attached hydrogen (secondary N) is 3. The fraction of sp³-hybridized carbons (Fsp3) is 0.400. The van der Waals surface area contributed by atoms with E-state index in [9.17, 15) is 4.79 Å². The molecule has 2 rings (SSSR count). The number of carbonyl (C=O) groups excluding carboxylic acids is 1. The number of nitrogens with zero attached hydrogens (tertiary/aromatic N) is 1. The van der Waals surface area contributed by atoms with E-state index in [1.165, 1.54) is 0 Å². The molecule has 0 aliphatic carbocycles. The van der Waals surface area contributed by atoms with E-state index in [1.54, 1.807) is 6.07 Å². The van der Waals surface area contributed by atoms with Crippen LogP contribution in [0.2, 0.25) is 0 Å². The van der Waals surface area contributed by atoms with Crippen LogP contribution in [0.3, 0.4) is 0 Å². The van der Waals surface area contributed by atoms with Gasteiger partial charge in [-0.15, -0.1) is 0 Å². The molecule has 1 unspecified atom stereocenters. The van der Waals surface area contributed by atoms with Gasteiger partial charge in [0, 0.05) is 6.54 Å². The molecule has 1 aromatic heterocycles. The predicted octanol–water partition coefficient (Wildman–Crippen LogP) is 0.0577. The maximum atomic E-state index is 11.5. The van der Waals surface area contributed by atoms with Gasteiger partial charge in [0.25, 0.3) is 0 Å². The quantitative estimate of drug-likeness (QED) is 0.428. The largest absolute Gasteiger partial charge is 0.358 e. The van der Waals surface area contributed by atoms with Crippen LogP contribution in [0.25, 0.3) is 0 Å². The number of aromatic nitrogens is 1. The van der Waals surface area contributed by atoms with E-state index in [-0.39, 0.29) is 11.9 Å². The Morgan fingerprint density at radius 1 is 1.44 bits per heavy atom. The topological polar surface area (TPSA) is 92.1 Å². The molecule has 2 heterocycles. The Labute approximate surface area is 93.6 Å². The van der Waals surface area contributed by atoms with E-state index in [1.807, 2.05) is 12.1 Å². The van der Waals surface area contributed by atoms with Crippen molar-refractivity contribution in [3.05, 3.63) is 18.2 Å². The highest BCUT2D eigenvalue weighted by Crippen LogP contribution is 2.12. The monoisotopic (exact) mass is 221 g/mol. The van der Waals surface area contributed by atoms with Crippen LogP contribution in [-0.4, -0.2) is 23.5 Å². The van der Waals surface area contributed by atoms with Crippen LogP contribution in [0.5, 0.6) is 0 Å². The molecule has 1 fully saturated rings. The number of hydrogen-bond acceptors (Lipinski definition) is 5. The van der Waals surface area contributed by atoms with Gasteiger partial charge in [-0.25, -0.2) is 10.8 Å². The van der Waals surface area contributed by atoms with Crippen molar-refractivity contribution < 1.29 is 4.79 Å². The van der Waals surface area contributed by atoms with Gasteiger partial charge in [-0.1, -0.05) is 6.07 Å². The maximum Gasteiger partial charge on any atom is 0.242 e. The van der Waals surface area contributed by atoms with E-state index in [0.29, 0.717) is 11.6 Å². The fourth-order valence-corrected chi connectivity index (χ4v) is 1.68. The molecule has 1 amide bonds. The fourth-order valence-electron chi connectivity index (χ4n) is 1.68. The summed E-state index contributed by atoms with van der Waals surface area (Å²) in [5.41, 5.74) is 2.46. The number of rotatable bonds is 3. The third kappa shape index (κ3) is 2.40. The molecule has 1 aliphatic heterocycles. The molecule has 5 N–H and O–H groups in total. The molecule has 0 aromatic carbocycles. The molecular formula is C10H15N5O. The molecule has 6 heteroatoms. The van der Waals surface area contributed by atoms with Crippen LogP contribution in [-0.2, 0) is 4.79 Å². The zero-order valence-corrected chi connectivity index (χ0v) is 8.86. The first-order valence-corrected chi connectivity index (χ1v) is 5.27. The first-order chi connectivity index (χ1) is 7.79. The number of amides is 1. The molecule has 1 aromatic rings. The van der Waals surface area contributed by atoms with Gasteiger partial charge in [0.05, 0.1) is 0 Å². The van der Waals surface area contributed by atoms with E-state index in [2.05, 4.69) is 21.0 Å². The lowest BCUT2D eigenvalue weighted by atomic mass is 10.1. The minimum atomic E-state index is -0.200. The minimum Gasteiger partial charge on any atom is -0.358 e. The Morgan fingerprint density at radius 2 is 2.25 bits per heavy atom. The third-order valence-electron chi connectivity index (χ3n) is 2.50. The number of pyridine rings is 1. The van der Waals surface area contributed by atoms with Gasteiger partial charge in [0.1, 0.15) is 17.7 Å². The van der Waals surface area contributed by atoms with E-state index in [4.69, 9.17) is 5.84 Å². The molecule has 1 atom stereocenters. The van der Waals surface area contributed by atoms with Gasteiger partial charge in [-0.3, -0.25) is 4.79 Å². The minimum absolute atomic E-state index is 0.0270. The lowest BCUT2D eigenvalue weighted by molar-refractivity contribution is -0.123. The number of nitrogens with two attached hydrogens (primary N) is 1. The van der Waals surface area contributed by atoms with Gasteiger partial charge in [0.15, 0.2) is 0 Å². The smallest absolute Gasteiger partial charge is 0.242 e. The molecule has 6 nitrogen and oxygen atoms in total. The van der Waals surface area contributed by atoms with Crippen LogP contribution >= 0.6 is 0 Å². The summed E-state index contributed by atoms with van der Waals surface area (Å²) in [6, 6.07) is 5.19. The highest BCUT2D eigenvalue weighted by molar-refractivity contribution is 5.85. The summed E-state index contributed by atoms with van der Waals surface area (Å²) in [6.45, 7) is 0.759. The second-order valence-electron chi connectivity index (χ2n) is 3.68. The van der Waals surface area contributed by atoms with Gasteiger partial charge < -0.3 is 16.1 Å². The van der Waals surface area contributed by atoms with Crippen molar-refractivity contribution in [3.63, 3.8) is 0 Å². The molecule has 86 valence electrons. The van der Waals surface area contributed by atoms with Gasteiger partial charge in [0.2, 0.25) is 5.91 Å². The van der Waals surface area contributed by atoms with Crippen LogP contribution in [0.1, 0.15) is 12.8 Å². The molecule has 1 saturated heterocycles. The summed E-state index contributed by atoms with van der Waals surface area (Å²) in [5, 5.41) is 5.90. The summed E-state index contributed by atoms with van der Waals surface area (Å²) in [6.07, 6.45) is 1.81. The van der Waals surface area contributed by atoms with Crippen LogP contribution in [0.4, 0.5) is 11.6 Å². The number of nitrogen functional groups attached to an aromatic ring is 1. The molecular weight excluding hydrogens is 206 g/mol. The molecule has 0 spiro atoms. The zero-order chi connectivity index (χ0) is 11.4. The molecule has 1 aliphatic rings. The van der Waals surface area contributed by atoms with E-state index in [0.717, 1.165) is 19.4 Å². The molecule has 0 bridgehead atoms. The first-order valence-electron chi connectivity index (χ1n) is 5.27. The molecule has 0 radical (unpaired) electrons. The first kappa shape index (κ1) is 10.7. The van der Waals surface area contributed by atoms with Crippen LogP contribution in [0.15, 0.2) is 18.2 Å². The van der Waals surface area contributed by atoms with Gasteiger partial charge in [-0.05, 0) is 25.0 Å². The summed E-state index contributed by atoms with van der Waals surface area (Å²) in [4.78, 5) is 15.7. The van der Waals surface area contributed by atoms with Gasteiger partial charge in [-0.2, -0.15) is 0 Å². The summed E-state index contributed by atoms with van der Waals surface area (Å²) >= 11 is 0. The van der Waals surface area contributed by atoms with Crippen molar-refractivity contribution in [3.8, 4) is 0 Å². The standard InChI is InChI=1S/C10H15N5O/c11-15-9-5-1-4-8(14-9)13-7-3-2-6-12-10(7)16/h1,4-5,7H,2-3,6,11H2,(H,12,16)(H2,13,14,15). The van der Waals surface area contributed by atoms with E-state index < -0.39 is 0 Å². The van der Waals surface area contributed by atoms with Crippen molar-refractivity contribution in [2.75, 3.05) is 17.3 Å². The van der Waals surface area contributed by atoms with Crippen molar-refractivity contribution in [2.45, 2.75) is 18.9 Å². The van der Waals surface area contributed by atoms with Crippen molar-refractivity contribution >= 4 is 17.5 Å². The highest BCUT2D eigenvalue weighted by Gasteiger charge is 2.21. The van der Waals surface area contributed by atoms with Crippen molar-refractivity contribution in [1.82, 2.24) is 10.3 Å². The Kier molecular flexibility index (Phi) is 3.21. The SMILES string of the molecule is NNc1cccc(NC2CCCNC2=O)n1. The summed E-state index contributed by atoms with van der Waals surface area (Å²) in [7, 11) is 0. The number of anilines is 2. The second-order valence-corrected chi connectivity index (χ2v) is 3.68. The van der Waals surface area contributed by atoms with Crippen molar-refractivity contribution in [1.29, 1.82) is 0 Å². The van der Waals surface area contributed by atoms with Crippen LogP contribution in [0, 0.1) is 0 Å². The molecule has 0 saturated carbocycles. The van der Waals surface area contributed by atoms with Gasteiger partial charge >= 0.3 is 0 Å². The normalized spacial score (nSPS) is 20.1. The Bertz CT molecular complexity index is 381. The lowest BCUT2D eigenvalue weighted by Gasteiger charge is -2.23. The van der Waals surface area contributed by atoms with Crippen molar-refractivity contribution in [2.24, 2.45) is 5.84 Å². The number of piperidine rings is 1. The lowest BCUT2D eigenvalue weighted by Crippen LogP contribution is -2.44. The average molecular weight is 221 g/mol. The third-order valence-corrected chi connectivity index (χ3v) is 2.50. The number of hydrogen-bond donors (Lipinski definition) is 4. The highest BCUT2D eigenvalue weighted by atomic mass is 16.2. The predicted molar refractivity (Wildman–Crippen MR) is 61.7 cm³/mol. The molecule has 16 heavy (non-hydrogen) atoms. The Hall–Kier alpha value is -1.82. The Balaban J connectivity index is 2.04. The van der Waals surface area contributed by atoms with Crippen LogP contribution < -0.4 is 21.9 Å². The Morgan fingerprint density at radius 3 is 3.00 bits per heavy atom. The zero-order valence-electron chi connectivity index (χ0n) is 8.86. The number of hydrazine groups is 1. The average Bonchev–Trinajstić information content (AvgIpc) is 2.32. The number of carbonyl (C=O) groups is 1. The summed E-state index contributed by atoms with van der Waals surface area (Å²) < 4.78 is 0.